The molecular formula is C21H20N4OS. The van der Waals surface area contributed by atoms with Crippen molar-refractivity contribution in [2.45, 2.75) is 12.8 Å². The Bertz CT molecular complexity index is 948. The molecule has 0 unspecified atom stereocenters. The summed E-state index contributed by atoms with van der Waals surface area (Å²) in [6.07, 6.45) is 1.81. The van der Waals surface area contributed by atoms with Gasteiger partial charge in [0.15, 0.2) is 0 Å². The third kappa shape index (κ3) is 4.41. The van der Waals surface area contributed by atoms with Gasteiger partial charge in [0.05, 0.1) is 5.01 Å². The number of carbonyl (C=O) groups is 1. The molecule has 2 N–H and O–H groups in total. The first kappa shape index (κ1) is 17.4. The van der Waals surface area contributed by atoms with E-state index in [0.29, 0.717) is 5.69 Å². The number of thiazole rings is 1. The number of benzene rings is 2. The maximum absolute atomic E-state index is 12.5. The van der Waals surface area contributed by atoms with Crippen LogP contribution in [-0.2, 0) is 6.42 Å². The van der Waals surface area contributed by atoms with Crippen molar-refractivity contribution in [2.24, 2.45) is 4.99 Å². The summed E-state index contributed by atoms with van der Waals surface area (Å²) in [7, 11) is 0. The van der Waals surface area contributed by atoms with Crippen LogP contribution in [0, 0.1) is 0 Å². The molecule has 4 rings (SSSR count). The lowest BCUT2D eigenvalue weighted by molar-refractivity contribution is 0.102. The first-order valence-electron chi connectivity index (χ1n) is 8.96. The van der Waals surface area contributed by atoms with Crippen LogP contribution in [0.1, 0.15) is 33.0 Å². The van der Waals surface area contributed by atoms with Crippen LogP contribution in [0.3, 0.4) is 0 Å². The van der Waals surface area contributed by atoms with E-state index in [1.807, 2.05) is 47.8 Å². The van der Waals surface area contributed by atoms with Crippen molar-refractivity contribution < 1.29 is 4.79 Å². The first-order valence-corrected chi connectivity index (χ1v) is 9.84. The highest BCUT2D eigenvalue weighted by Gasteiger charge is 2.12. The normalized spacial score (nSPS) is 13.6. The number of carbonyl (C=O) groups excluding carboxylic acids is 1. The number of aliphatic imine (C=N–C) groups is 1. The molecule has 0 aliphatic carbocycles. The summed E-state index contributed by atoms with van der Waals surface area (Å²) in [5.74, 6) is 0.732. The number of anilines is 1. The van der Waals surface area contributed by atoms with E-state index < -0.39 is 0 Å². The van der Waals surface area contributed by atoms with Gasteiger partial charge in [-0.25, -0.2) is 4.98 Å². The Kier molecular flexibility index (Phi) is 5.25. The average molecular weight is 376 g/mol. The zero-order valence-corrected chi connectivity index (χ0v) is 15.6. The third-order valence-corrected chi connectivity index (χ3v) is 5.14. The van der Waals surface area contributed by atoms with Gasteiger partial charge >= 0.3 is 0 Å². The van der Waals surface area contributed by atoms with Crippen LogP contribution in [0.2, 0.25) is 0 Å². The summed E-state index contributed by atoms with van der Waals surface area (Å²) in [6, 6.07) is 17.9. The van der Waals surface area contributed by atoms with Crippen molar-refractivity contribution in [1.29, 1.82) is 0 Å². The van der Waals surface area contributed by atoms with Gasteiger partial charge in [0.2, 0.25) is 0 Å². The highest BCUT2D eigenvalue weighted by atomic mass is 32.1. The summed E-state index contributed by atoms with van der Waals surface area (Å²) in [5.41, 5.74) is 3.42. The summed E-state index contributed by atoms with van der Waals surface area (Å²) in [6.45, 7) is 1.81. The lowest BCUT2D eigenvalue weighted by Crippen LogP contribution is -2.30. The van der Waals surface area contributed by atoms with E-state index in [2.05, 4.69) is 32.7 Å². The predicted octanol–water partition coefficient (Wildman–Crippen LogP) is 3.73. The summed E-state index contributed by atoms with van der Waals surface area (Å²) in [5, 5.41) is 8.95. The SMILES string of the molecule is O=C(Nc1ccc(C2=NCCCN2)cc1)c1csc(Cc2ccccc2)n1. The quantitative estimate of drug-likeness (QED) is 0.713. The van der Waals surface area contributed by atoms with Gasteiger partial charge in [-0.15, -0.1) is 11.3 Å². The molecular weight excluding hydrogens is 356 g/mol. The first-order chi connectivity index (χ1) is 13.3. The molecule has 0 bridgehead atoms. The molecule has 0 saturated heterocycles. The largest absolute Gasteiger partial charge is 0.370 e. The van der Waals surface area contributed by atoms with Gasteiger partial charge in [0.1, 0.15) is 11.5 Å². The second-order valence-electron chi connectivity index (χ2n) is 6.33. The number of aromatic nitrogens is 1. The zero-order valence-electron chi connectivity index (χ0n) is 14.8. The molecule has 1 aliphatic heterocycles. The summed E-state index contributed by atoms with van der Waals surface area (Å²) < 4.78 is 0. The second kappa shape index (κ2) is 8.14. The number of hydrogen-bond acceptors (Lipinski definition) is 5. The molecule has 1 amide bonds. The third-order valence-electron chi connectivity index (χ3n) is 4.30. The fraction of sp³-hybridized carbons (Fsp3) is 0.190. The topological polar surface area (TPSA) is 66.4 Å². The van der Waals surface area contributed by atoms with E-state index in [-0.39, 0.29) is 5.91 Å². The van der Waals surface area contributed by atoms with E-state index in [4.69, 9.17) is 0 Å². The standard InChI is InChI=1S/C21H20N4OS/c26-21(18-14-27-19(25-18)13-15-5-2-1-3-6-15)24-17-9-7-16(8-10-17)20-22-11-4-12-23-20/h1-3,5-10,14H,4,11-13H2,(H,22,23)(H,24,26). The predicted molar refractivity (Wildman–Crippen MR) is 110 cm³/mol. The van der Waals surface area contributed by atoms with Crippen molar-refractivity contribution in [3.05, 3.63) is 81.8 Å². The molecule has 136 valence electrons. The van der Waals surface area contributed by atoms with Crippen LogP contribution >= 0.6 is 11.3 Å². The molecule has 0 fully saturated rings. The fourth-order valence-corrected chi connectivity index (χ4v) is 3.71. The van der Waals surface area contributed by atoms with Gasteiger partial charge in [0.25, 0.3) is 5.91 Å². The number of amides is 1. The average Bonchev–Trinajstić information content (AvgIpc) is 3.19. The smallest absolute Gasteiger partial charge is 0.275 e. The van der Waals surface area contributed by atoms with E-state index in [0.717, 1.165) is 48.0 Å². The molecule has 0 atom stereocenters. The molecule has 0 spiro atoms. The molecule has 2 heterocycles. The van der Waals surface area contributed by atoms with Gasteiger partial charge in [-0.2, -0.15) is 0 Å². The fourth-order valence-electron chi connectivity index (χ4n) is 2.90. The van der Waals surface area contributed by atoms with Crippen molar-refractivity contribution in [3.8, 4) is 0 Å². The number of nitrogens with zero attached hydrogens (tertiary/aromatic N) is 2. The van der Waals surface area contributed by atoms with E-state index in [9.17, 15) is 4.79 Å². The summed E-state index contributed by atoms with van der Waals surface area (Å²) >= 11 is 1.51. The minimum atomic E-state index is -0.188. The Morgan fingerprint density at radius 2 is 1.93 bits per heavy atom. The molecule has 3 aromatic rings. The van der Waals surface area contributed by atoms with Gasteiger partial charge in [-0.1, -0.05) is 30.3 Å². The molecule has 0 radical (unpaired) electrons. The van der Waals surface area contributed by atoms with Crippen LogP contribution in [0.25, 0.3) is 0 Å². The van der Waals surface area contributed by atoms with Crippen LogP contribution < -0.4 is 10.6 Å². The zero-order chi connectivity index (χ0) is 18.5. The lowest BCUT2D eigenvalue weighted by atomic mass is 10.1. The van der Waals surface area contributed by atoms with Crippen LogP contribution in [-0.4, -0.2) is 29.8 Å². The molecule has 1 aliphatic rings. The highest BCUT2D eigenvalue weighted by molar-refractivity contribution is 7.09. The molecule has 5 nitrogen and oxygen atoms in total. The van der Waals surface area contributed by atoms with Gasteiger partial charge in [-0.05, 0) is 36.2 Å². The van der Waals surface area contributed by atoms with Crippen molar-refractivity contribution in [2.75, 3.05) is 18.4 Å². The van der Waals surface area contributed by atoms with Gasteiger partial charge in [-0.3, -0.25) is 9.79 Å². The van der Waals surface area contributed by atoms with Crippen molar-refractivity contribution in [3.63, 3.8) is 0 Å². The molecule has 6 heteroatoms. The second-order valence-corrected chi connectivity index (χ2v) is 7.27. The molecule has 27 heavy (non-hydrogen) atoms. The van der Waals surface area contributed by atoms with Gasteiger partial charge < -0.3 is 10.6 Å². The maximum Gasteiger partial charge on any atom is 0.275 e. The minimum absolute atomic E-state index is 0.188. The Morgan fingerprint density at radius 3 is 2.67 bits per heavy atom. The molecule has 0 saturated carbocycles. The monoisotopic (exact) mass is 376 g/mol. The van der Waals surface area contributed by atoms with E-state index in [1.54, 1.807) is 0 Å². The highest BCUT2D eigenvalue weighted by Crippen LogP contribution is 2.17. The van der Waals surface area contributed by atoms with E-state index in [1.165, 1.54) is 16.9 Å². The number of nitrogens with one attached hydrogen (secondary N) is 2. The lowest BCUT2D eigenvalue weighted by Gasteiger charge is -2.14. The van der Waals surface area contributed by atoms with Crippen LogP contribution in [0.15, 0.2) is 65.0 Å². The number of rotatable bonds is 5. The number of hydrogen-bond donors (Lipinski definition) is 2. The number of amidine groups is 1. The van der Waals surface area contributed by atoms with Crippen LogP contribution in [0.4, 0.5) is 5.69 Å². The van der Waals surface area contributed by atoms with Crippen molar-refractivity contribution in [1.82, 2.24) is 10.3 Å². The Balaban J connectivity index is 1.39. The molecule has 1 aromatic heterocycles. The Hall–Kier alpha value is -2.99. The van der Waals surface area contributed by atoms with E-state index >= 15 is 0 Å². The van der Waals surface area contributed by atoms with Gasteiger partial charge in [0, 0.05) is 36.1 Å². The van der Waals surface area contributed by atoms with Crippen molar-refractivity contribution >= 4 is 28.8 Å². The maximum atomic E-state index is 12.5. The Morgan fingerprint density at radius 1 is 1.11 bits per heavy atom. The minimum Gasteiger partial charge on any atom is -0.370 e. The Labute approximate surface area is 162 Å². The van der Waals surface area contributed by atoms with Crippen LogP contribution in [0.5, 0.6) is 0 Å². The molecule has 2 aromatic carbocycles. The summed E-state index contributed by atoms with van der Waals surface area (Å²) in [4.78, 5) is 21.4.